The Morgan fingerprint density at radius 3 is 2.14 bits per heavy atom. The van der Waals surface area contributed by atoms with Crippen LogP contribution < -0.4 is 4.74 Å². The summed E-state index contributed by atoms with van der Waals surface area (Å²) >= 11 is 1.41. The van der Waals surface area contributed by atoms with Crippen LogP contribution in [0.3, 0.4) is 0 Å². The van der Waals surface area contributed by atoms with E-state index in [1.807, 2.05) is 68.7 Å². The van der Waals surface area contributed by atoms with Crippen molar-refractivity contribution in [3.63, 3.8) is 0 Å². The highest BCUT2D eigenvalue weighted by Crippen LogP contribution is 2.26. The predicted molar refractivity (Wildman–Crippen MR) is 117 cm³/mol. The number of aryl methyl sites for hydroxylation is 2. The second-order valence-electron chi connectivity index (χ2n) is 8.13. The topological polar surface area (TPSA) is 57.0 Å². The van der Waals surface area contributed by atoms with E-state index in [9.17, 15) is 4.79 Å². The lowest BCUT2D eigenvalue weighted by Crippen LogP contribution is -2.22. The van der Waals surface area contributed by atoms with E-state index in [2.05, 4.69) is 29.3 Å². The molecule has 0 saturated heterocycles. The Morgan fingerprint density at radius 1 is 0.966 bits per heavy atom. The molecule has 0 amide bonds. The highest BCUT2D eigenvalue weighted by molar-refractivity contribution is 7.99. The summed E-state index contributed by atoms with van der Waals surface area (Å²) in [5.74, 6) is 2.01. The molecular formula is C23H27N3O2S. The van der Waals surface area contributed by atoms with Crippen LogP contribution in [-0.2, 0) is 11.4 Å². The molecule has 152 valence electrons. The third kappa shape index (κ3) is 5.48. The van der Waals surface area contributed by atoms with Crippen molar-refractivity contribution in [3.8, 4) is 11.4 Å². The predicted octanol–water partition coefficient (Wildman–Crippen LogP) is 5.17. The highest BCUT2D eigenvalue weighted by atomic mass is 32.2. The Morgan fingerprint density at radius 2 is 1.55 bits per heavy atom. The molecule has 0 radical (unpaired) electrons. The van der Waals surface area contributed by atoms with E-state index in [-0.39, 0.29) is 17.8 Å². The van der Waals surface area contributed by atoms with Crippen molar-refractivity contribution in [2.75, 3.05) is 5.75 Å². The van der Waals surface area contributed by atoms with Gasteiger partial charge in [0.15, 0.2) is 11.0 Å². The van der Waals surface area contributed by atoms with Gasteiger partial charge in [0, 0.05) is 11.1 Å². The van der Waals surface area contributed by atoms with Crippen molar-refractivity contribution >= 4 is 17.5 Å². The Hall–Kier alpha value is -2.60. The quantitative estimate of drug-likeness (QED) is 0.504. The van der Waals surface area contributed by atoms with Gasteiger partial charge in [-0.25, -0.2) is 0 Å². The van der Waals surface area contributed by atoms with Crippen LogP contribution in [0.5, 0.6) is 5.75 Å². The molecule has 0 spiro atoms. The zero-order chi connectivity index (χ0) is 21.0. The van der Waals surface area contributed by atoms with Gasteiger partial charge in [-0.1, -0.05) is 67.9 Å². The molecule has 0 saturated carbocycles. The molecule has 3 rings (SSSR count). The molecule has 0 bridgehead atoms. The van der Waals surface area contributed by atoms with Crippen LogP contribution in [0.15, 0.2) is 53.7 Å². The number of hydrogen-bond acceptors (Lipinski definition) is 5. The summed E-state index contributed by atoms with van der Waals surface area (Å²) in [6, 6.07) is 16.1. The average molecular weight is 410 g/mol. The summed E-state index contributed by atoms with van der Waals surface area (Å²) < 4.78 is 7.89. The fourth-order valence-electron chi connectivity index (χ4n) is 2.57. The first-order valence-corrected chi connectivity index (χ1v) is 10.6. The molecular weight excluding hydrogens is 382 g/mol. The minimum absolute atomic E-state index is 0.179. The Labute approximate surface area is 176 Å². The summed E-state index contributed by atoms with van der Waals surface area (Å²) in [4.78, 5) is 12.4. The third-order valence-electron chi connectivity index (χ3n) is 4.55. The van der Waals surface area contributed by atoms with Crippen molar-refractivity contribution in [1.29, 1.82) is 0 Å². The van der Waals surface area contributed by atoms with Crippen molar-refractivity contribution in [1.82, 2.24) is 14.8 Å². The first kappa shape index (κ1) is 21.1. The number of nitrogens with zero attached hydrogens (tertiary/aromatic N) is 3. The molecule has 5 nitrogen and oxygen atoms in total. The third-order valence-corrected chi connectivity index (χ3v) is 5.48. The van der Waals surface area contributed by atoms with Crippen LogP contribution in [-0.4, -0.2) is 26.3 Å². The average Bonchev–Trinajstić information content (AvgIpc) is 3.08. The van der Waals surface area contributed by atoms with Crippen molar-refractivity contribution < 1.29 is 9.53 Å². The van der Waals surface area contributed by atoms with E-state index >= 15 is 0 Å². The SMILES string of the molecule is Cc1ccc(OCc2nnc(SCC(=O)C(C)(C)C)n2-c2ccc(C)cc2)cc1. The second-order valence-corrected chi connectivity index (χ2v) is 9.08. The van der Waals surface area contributed by atoms with E-state index in [0.29, 0.717) is 16.7 Å². The van der Waals surface area contributed by atoms with Gasteiger partial charge < -0.3 is 4.74 Å². The van der Waals surface area contributed by atoms with Crippen molar-refractivity contribution in [2.45, 2.75) is 46.4 Å². The minimum atomic E-state index is -0.376. The van der Waals surface area contributed by atoms with Gasteiger partial charge >= 0.3 is 0 Å². The number of thioether (sulfide) groups is 1. The van der Waals surface area contributed by atoms with Gasteiger partial charge in [0.1, 0.15) is 18.1 Å². The normalized spacial score (nSPS) is 11.5. The van der Waals surface area contributed by atoms with Crippen LogP contribution in [0.2, 0.25) is 0 Å². The molecule has 2 aromatic carbocycles. The Kier molecular flexibility index (Phi) is 6.42. The number of aromatic nitrogens is 3. The molecule has 0 unspecified atom stereocenters. The Balaban J connectivity index is 1.85. The van der Waals surface area contributed by atoms with Crippen LogP contribution in [0.1, 0.15) is 37.7 Å². The molecule has 1 aromatic heterocycles. The summed E-state index contributed by atoms with van der Waals surface area (Å²) in [5, 5.41) is 9.37. The number of carbonyl (C=O) groups excluding carboxylic acids is 1. The number of rotatable bonds is 7. The first-order valence-electron chi connectivity index (χ1n) is 9.61. The molecule has 0 fully saturated rings. The smallest absolute Gasteiger partial charge is 0.196 e. The standard InChI is InChI=1S/C23H27N3O2S/c1-16-6-10-18(11-7-16)26-21(14-28-19-12-8-17(2)9-13-19)24-25-22(26)29-15-20(27)23(3,4)5/h6-13H,14-15H2,1-5H3. The van der Waals surface area contributed by atoms with Crippen LogP contribution >= 0.6 is 11.8 Å². The summed E-state index contributed by atoms with van der Waals surface area (Å²) in [6.07, 6.45) is 0. The van der Waals surface area contributed by atoms with Gasteiger partial charge in [0.25, 0.3) is 0 Å². The highest BCUT2D eigenvalue weighted by Gasteiger charge is 2.23. The number of hydrogen-bond donors (Lipinski definition) is 0. The van der Waals surface area contributed by atoms with E-state index in [0.717, 1.165) is 11.4 Å². The summed E-state index contributed by atoms with van der Waals surface area (Å²) in [5.41, 5.74) is 2.94. The van der Waals surface area contributed by atoms with Gasteiger partial charge in [0.2, 0.25) is 0 Å². The lowest BCUT2D eigenvalue weighted by molar-refractivity contribution is -0.123. The van der Waals surface area contributed by atoms with E-state index in [4.69, 9.17) is 4.74 Å². The van der Waals surface area contributed by atoms with E-state index in [1.54, 1.807) is 0 Å². The van der Waals surface area contributed by atoms with Gasteiger partial charge in [-0.05, 0) is 38.1 Å². The molecule has 3 aromatic rings. The van der Waals surface area contributed by atoms with Gasteiger partial charge in [-0.3, -0.25) is 9.36 Å². The molecule has 1 heterocycles. The fourth-order valence-corrected chi connectivity index (χ4v) is 3.70. The number of ether oxygens (including phenoxy) is 1. The molecule has 0 aliphatic carbocycles. The van der Waals surface area contributed by atoms with Crippen molar-refractivity contribution in [3.05, 3.63) is 65.5 Å². The number of benzene rings is 2. The zero-order valence-corrected chi connectivity index (χ0v) is 18.4. The number of ketones is 1. The summed E-state index contributed by atoms with van der Waals surface area (Å²) in [6.45, 7) is 10.2. The van der Waals surface area contributed by atoms with Gasteiger partial charge in [-0.2, -0.15) is 0 Å². The molecule has 6 heteroatoms. The maximum absolute atomic E-state index is 12.4. The summed E-state index contributed by atoms with van der Waals surface area (Å²) in [7, 11) is 0. The zero-order valence-electron chi connectivity index (χ0n) is 17.6. The maximum atomic E-state index is 12.4. The van der Waals surface area contributed by atoms with Crippen molar-refractivity contribution in [2.24, 2.45) is 5.41 Å². The molecule has 0 aliphatic rings. The molecule has 0 atom stereocenters. The number of Topliss-reactive ketones (excluding diaryl/α,β-unsaturated/α-hetero) is 1. The second kappa shape index (κ2) is 8.82. The van der Waals surface area contributed by atoms with E-state index in [1.165, 1.54) is 22.9 Å². The largest absolute Gasteiger partial charge is 0.486 e. The maximum Gasteiger partial charge on any atom is 0.196 e. The lowest BCUT2D eigenvalue weighted by atomic mass is 9.92. The van der Waals surface area contributed by atoms with Gasteiger partial charge in [-0.15, -0.1) is 10.2 Å². The van der Waals surface area contributed by atoms with Crippen LogP contribution in [0, 0.1) is 19.3 Å². The molecule has 0 aliphatic heterocycles. The van der Waals surface area contributed by atoms with Crippen LogP contribution in [0.25, 0.3) is 5.69 Å². The van der Waals surface area contributed by atoms with E-state index < -0.39 is 0 Å². The van der Waals surface area contributed by atoms with Gasteiger partial charge in [0.05, 0.1) is 5.75 Å². The minimum Gasteiger partial charge on any atom is -0.486 e. The Bertz CT molecular complexity index is 971. The molecule has 29 heavy (non-hydrogen) atoms. The lowest BCUT2D eigenvalue weighted by Gasteiger charge is -2.16. The van der Waals surface area contributed by atoms with Crippen LogP contribution in [0.4, 0.5) is 0 Å². The molecule has 0 N–H and O–H groups in total. The number of carbonyl (C=O) groups is 1. The monoisotopic (exact) mass is 409 g/mol. The first-order chi connectivity index (χ1) is 13.7. The fraction of sp³-hybridized carbons (Fsp3) is 0.348.